The Labute approximate surface area is 155 Å². The van der Waals surface area contributed by atoms with Gasteiger partial charge in [-0.25, -0.2) is 9.97 Å². The Morgan fingerprint density at radius 1 is 1.19 bits per heavy atom. The smallest absolute Gasteiger partial charge is 0.226 e. The van der Waals surface area contributed by atoms with Crippen LogP contribution in [0.25, 0.3) is 28.1 Å². The molecule has 0 unspecified atom stereocenters. The summed E-state index contributed by atoms with van der Waals surface area (Å²) in [7, 11) is 1.83. The van der Waals surface area contributed by atoms with Gasteiger partial charge in [-0.1, -0.05) is 23.8 Å². The van der Waals surface area contributed by atoms with Crippen LogP contribution in [0.1, 0.15) is 19.3 Å². The van der Waals surface area contributed by atoms with Crippen LogP contribution in [0.15, 0.2) is 30.5 Å². The first-order valence-electron chi connectivity index (χ1n) is 9.27. The third kappa shape index (κ3) is 2.99. The molecule has 9 nitrogen and oxygen atoms in total. The Balaban J connectivity index is 1.64. The van der Waals surface area contributed by atoms with E-state index in [4.69, 9.17) is 9.97 Å². The van der Waals surface area contributed by atoms with Gasteiger partial charge in [0.1, 0.15) is 0 Å². The Morgan fingerprint density at radius 2 is 2.11 bits per heavy atom. The van der Waals surface area contributed by atoms with Crippen molar-refractivity contribution in [1.29, 1.82) is 0 Å². The van der Waals surface area contributed by atoms with E-state index in [1.807, 2.05) is 37.5 Å². The van der Waals surface area contributed by atoms with Crippen LogP contribution in [-0.2, 0) is 7.05 Å². The molecule has 9 heteroatoms. The molecule has 1 fully saturated rings. The van der Waals surface area contributed by atoms with Crippen molar-refractivity contribution in [2.24, 2.45) is 7.05 Å². The Bertz CT molecular complexity index is 1090. The quantitative estimate of drug-likeness (QED) is 0.571. The lowest BCUT2D eigenvalue weighted by molar-refractivity contribution is 0.628. The minimum absolute atomic E-state index is 0.313. The van der Waals surface area contributed by atoms with Gasteiger partial charge in [0.15, 0.2) is 11.3 Å². The number of fused-ring (bicyclic) bond motifs is 3. The molecule has 1 atom stereocenters. The molecule has 0 radical (unpaired) electrons. The molecule has 1 aliphatic rings. The summed E-state index contributed by atoms with van der Waals surface area (Å²) < 4.78 is 3.44. The second-order valence-electron chi connectivity index (χ2n) is 6.94. The number of nitrogens with one attached hydrogen (secondary N) is 2. The van der Waals surface area contributed by atoms with Crippen LogP contribution in [0.3, 0.4) is 0 Å². The molecule has 138 valence electrons. The molecule has 0 amide bonds. The molecule has 1 aromatic carbocycles. The van der Waals surface area contributed by atoms with Gasteiger partial charge in [-0.3, -0.25) is 4.68 Å². The Morgan fingerprint density at radius 3 is 3.00 bits per heavy atom. The predicted octanol–water partition coefficient (Wildman–Crippen LogP) is 1.63. The van der Waals surface area contributed by atoms with Crippen molar-refractivity contribution in [3.63, 3.8) is 0 Å². The van der Waals surface area contributed by atoms with Gasteiger partial charge >= 0.3 is 0 Å². The molecule has 0 spiro atoms. The third-order valence-electron chi connectivity index (χ3n) is 4.89. The topological polar surface area (TPSA) is 97.9 Å². The Hall–Kier alpha value is -3.07. The summed E-state index contributed by atoms with van der Waals surface area (Å²) in [6, 6.07) is 8.31. The first-order valence-corrected chi connectivity index (χ1v) is 9.27. The van der Waals surface area contributed by atoms with Gasteiger partial charge in [0.25, 0.3) is 0 Å². The first kappa shape index (κ1) is 16.1. The van der Waals surface area contributed by atoms with E-state index in [1.165, 1.54) is 12.8 Å². The zero-order chi connectivity index (χ0) is 18.2. The molecule has 1 saturated heterocycles. The van der Waals surface area contributed by atoms with Gasteiger partial charge in [0, 0.05) is 25.0 Å². The van der Waals surface area contributed by atoms with Gasteiger partial charge in [-0.05, 0) is 31.5 Å². The van der Waals surface area contributed by atoms with Crippen molar-refractivity contribution < 1.29 is 0 Å². The lowest BCUT2D eigenvalue weighted by Gasteiger charge is -2.17. The maximum atomic E-state index is 4.82. The molecule has 0 aliphatic carbocycles. The van der Waals surface area contributed by atoms with E-state index >= 15 is 0 Å². The van der Waals surface area contributed by atoms with Crippen LogP contribution in [-0.4, -0.2) is 53.7 Å². The number of hydrogen-bond acceptors (Lipinski definition) is 7. The van der Waals surface area contributed by atoms with Gasteiger partial charge < -0.3 is 10.6 Å². The van der Waals surface area contributed by atoms with Crippen LogP contribution in [0.5, 0.6) is 0 Å². The van der Waals surface area contributed by atoms with E-state index in [-0.39, 0.29) is 0 Å². The van der Waals surface area contributed by atoms with Crippen LogP contribution in [0.4, 0.5) is 5.95 Å². The largest absolute Gasteiger partial charge is 0.350 e. The summed E-state index contributed by atoms with van der Waals surface area (Å²) in [5.41, 5.74) is 2.31. The number of rotatable bonds is 3. The fourth-order valence-electron chi connectivity index (χ4n) is 3.53. The van der Waals surface area contributed by atoms with Gasteiger partial charge in [0.05, 0.1) is 11.7 Å². The van der Waals surface area contributed by atoms with Gasteiger partial charge in [0.2, 0.25) is 11.8 Å². The highest BCUT2D eigenvalue weighted by atomic mass is 15.4. The molecule has 4 heterocycles. The van der Waals surface area contributed by atoms with E-state index < -0.39 is 0 Å². The van der Waals surface area contributed by atoms with E-state index in [0.29, 0.717) is 23.5 Å². The molecular formula is C18H21N9. The van der Waals surface area contributed by atoms with Crippen LogP contribution < -0.4 is 10.6 Å². The zero-order valence-electron chi connectivity index (χ0n) is 15.1. The molecule has 1 aliphatic heterocycles. The minimum atomic E-state index is 0.313. The molecule has 3 aromatic heterocycles. The monoisotopic (exact) mass is 363 g/mol. The van der Waals surface area contributed by atoms with E-state index in [1.54, 1.807) is 9.20 Å². The Kier molecular flexibility index (Phi) is 3.93. The van der Waals surface area contributed by atoms with Crippen molar-refractivity contribution in [3.8, 4) is 11.5 Å². The number of anilines is 1. The summed E-state index contributed by atoms with van der Waals surface area (Å²) in [5, 5.41) is 20.8. The number of hydrogen-bond donors (Lipinski definition) is 2. The summed E-state index contributed by atoms with van der Waals surface area (Å²) in [6.45, 7) is 1.99. The van der Waals surface area contributed by atoms with Crippen LogP contribution in [0.2, 0.25) is 0 Å². The van der Waals surface area contributed by atoms with Crippen molar-refractivity contribution in [2.45, 2.75) is 25.3 Å². The van der Waals surface area contributed by atoms with E-state index in [2.05, 4.69) is 26.0 Å². The predicted molar refractivity (Wildman–Crippen MR) is 102 cm³/mol. The van der Waals surface area contributed by atoms with Crippen LogP contribution in [0, 0.1) is 0 Å². The van der Waals surface area contributed by atoms with Gasteiger partial charge in [-0.15, -0.1) is 10.2 Å². The number of aromatic nitrogens is 7. The number of para-hydroxylation sites is 1. The average molecular weight is 363 g/mol. The fourth-order valence-corrected chi connectivity index (χ4v) is 3.53. The maximum Gasteiger partial charge on any atom is 0.226 e. The number of nitrogens with zero attached hydrogens (tertiary/aromatic N) is 7. The molecule has 2 N–H and O–H groups in total. The normalized spacial score (nSPS) is 18.0. The second-order valence-corrected chi connectivity index (χ2v) is 6.94. The van der Waals surface area contributed by atoms with Crippen molar-refractivity contribution in [3.05, 3.63) is 30.5 Å². The molecule has 4 aromatic rings. The van der Waals surface area contributed by atoms with E-state index in [9.17, 15) is 0 Å². The maximum absolute atomic E-state index is 4.82. The summed E-state index contributed by atoms with van der Waals surface area (Å²) in [6.07, 6.45) is 5.32. The van der Waals surface area contributed by atoms with E-state index in [0.717, 1.165) is 36.1 Å². The number of benzene rings is 1. The zero-order valence-corrected chi connectivity index (χ0v) is 15.1. The molecule has 5 rings (SSSR count). The molecule has 0 saturated carbocycles. The molecular weight excluding hydrogens is 342 g/mol. The average Bonchev–Trinajstić information content (AvgIpc) is 3.23. The standard InChI is InChI=1S/C18H21N9/c1-26-11-15(23-25-26)16-22-17-13-7-2-3-8-14(13)21-18(27(17)24-16)20-12-6-4-5-9-19-10-12/h2-3,7-8,11-12,19H,4-6,9-10H2,1H3,(H,20,21)/t12-/m1/s1. The lowest BCUT2D eigenvalue weighted by Crippen LogP contribution is -2.32. The van der Waals surface area contributed by atoms with Crippen molar-refractivity contribution >= 4 is 22.5 Å². The van der Waals surface area contributed by atoms with Crippen molar-refractivity contribution in [2.75, 3.05) is 18.4 Å². The van der Waals surface area contributed by atoms with Gasteiger partial charge in [-0.2, -0.15) is 4.52 Å². The SMILES string of the molecule is Cn1cc(-c2nc3c4ccccc4nc(N[C@@H]4CCCCNC4)n3n2)nn1. The highest BCUT2D eigenvalue weighted by Gasteiger charge is 2.19. The fraction of sp³-hybridized carbons (Fsp3) is 0.389. The highest BCUT2D eigenvalue weighted by molar-refractivity contribution is 5.92. The molecule has 27 heavy (non-hydrogen) atoms. The summed E-state index contributed by atoms with van der Waals surface area (Å²) >= 11 is 0. The lowest BCUT2D eigenvalue weighted by atomic mass is 10.1. The third-order valence-corrected chi connectivity index (χ3v) is 4.89. The first-order chi connectivity index (χ1) is 13.3. The van der Waals surface area contributed by atoms with Crippen LogP contribution >= 0.6 is 0 Å². The summed E-state index contributed by atoms with van der Waals surface area (Å²) in [5.74, 6) is 1.25. The van der Waals surface area contributed by atoms with Crippen molar-refractivity contribution in [1.82, 2.24) is 39.9 Å². The minimum Gasteiger partial charge on any atom is -0.350 e. The highest BCUT2D eigenvalue weighted by Crippen LogP contribution is 2.24. The summed E-state index contributed by atoms with van der Waals surface area (Å²) in [4.78, 5) is 9.56. The molecule has 0 bridgehead atoms. The number of aryl methyl sites for hydroxylation is 1. The second kappa shape index (κ2) is 6.58.